The molecular weight excluding hydrogens is 154 g/mol. The second kappa shape index (κ2) is 2.97. The van der Waals surface area contributed by atoms with Gasteiger partial charge in [-0.15, -0.1) is 0 Å². The second-order valence-corrected chi connectivity index (χ2v) is 3.01. The Balaban J connectivity index is 1.91. The third-order valence-corrected chi connectivity index (χ3v) is 1.91. The van der Waals surface area contributed by atoms with E-state index in [-0.39, 0.29) is 0 Å². The fourth-order valence-electron chi connectivity index (χ4n) is 1.000. The minimum atomic E-state index is 0.539. The lowest BCUT2D eigenvalue weighted by Gasteiger charge is -1.94. The van der Waals surface area contributed by atoms with Gasteiger partial charge < -0.3 is 10.3 Å². The molecule has 0 saturated heterocycles. The lowest BCUT2D eigenvalue weighted by molar-refractivity contribution is 0.412. The molecule has 0 unspecified atom stereocenters. The van der Waals surface area contributed by atoms with Crippen LogP contribution in [-0.2, 0) is 6.54 Å². The molecular formula is C8H11N3O. The first-order valence-corrected chi connectivity index (χ1v) is 4.05. The normalized spacial score (nSPS) is 18.2. The van der Waals surface area contributed by atoms with Gasteiger partial charge in [0.25, 0.3) is 0 Å². The zero-order valence-electron chi connectivity index (χ0n) is 6.73. The average molecular weight is 165 g/mol. The van der Waals surface area contributed by atoms with Crippen molar-refractivity contribution < 1.29 is 4.52 Å². The van der Waals surface area contributed by atoms with E-state index < -0.39 is 0 Å². The van der Waals surface area contributed by atoms with Crippen LogP contribution in [0, 0.1) is 5.92 Å². The van der Waals surface area contributed by atoms with E-state index in [9.17, 15) is 0 Å². The van der Waals surface area contributed by atoms with E-state index in [1.165, 1.54) is 19.1 Å². The molecule has 2 rings (SSSR count). The summed E-state index contributed by atoms with van der Waals surface area (Å²) in [6.07, 6.45) is 3.92. The molecule has 0 amide bonds. The summed E-state index contributed by atoms with van der Waals surface area (Å²) in [4.78, 5) is 4.20. The topological polar surface area (TPSA) is 64.4 Å². The standard InChI is InChI=1S/C8H11N3O/c9-8(6-1-2-6)10-5-7-3-4-12-11-7/h3-4,6H,1-2,5H2,(H2,9,10). The largest absolute Gasteiger partial charge is 0.387 e. The van der Waals surface area contributed by atoms with Gasteiger partial charge in [-0.3, -0.25) is 4.99 Å². The number of nitrogens with zero attached hydrogens (tertiary/aromatic N) is 2. The van der Waals surface area contributed by atoms with Crippen LogP contribution in [0.25, 0.3) is 0 Å². The first kappa shape index (κ1) is 7.34. The highest BCUT2D eigenvalue weighted by Gasteiger charge is 2.25. The molecule has 1 saturated carbocycles. The zero-order valence-corrected chi connectivity index (χ0v) is 6.73. The Morgan fingerprint density at radius 3 is 3.17 bits per heavy atom. The van der Waals surface area contributed by atoms with Gasteiger partial charge >= 0.3 is 0 Å². The molecule has 0 bridgehead atoms. The van der Waals surface area contributed by atoms with Gasteiger partial charge in [0.2, 0.25) is 0 Å². The maximum atomic E-state index is 5.69. The fourth-order valence-corrected chi connectivity index (χ4v) is 1.000. The highest BCUT2D eigenvalue weighted by atomic mass is 16.5. The molecule has 1 aromatic rings. The van der Waals surface area contributed by atoms with E-state index in [0.717, 1.165) is 11.5 Å². The van der Waals surface area contributed by atoms with Crippen LogP contribution in [0.3, 0.4) is 0 Å². The Morgan fingerprint density at radius 1 is 1.75 bits per heavy atom. The summed E-state index contributed by atoms with van der Waals surface area (Å²) in [5.74, 6) is 1.30. The van der Waals surface area contributed by atoms with E-state index in [2.05, 4.69) is 14.7 Å². The van der Waals surface area contributed by atoms with Gasteiger partial charge in [0, 0.05) is 12.0 Å². The number of hydrogen-bond donors (Lipinski definition) is 1. The smallest absolute Gasteiger partial charge is 0.124 e. The molecule has 64 valence electrons. The molecule has 0 spiro atoms. The van der Waals surface area contributed by atoms with Crippen molar-refractivity contribution in [1.29, 1.82) is 0 Å². The highest BCUT2D eigenvalue weighted by Crippen LogP contribution is 2.28. The van der Waals surface area contributed by atoms with Crippen molar-refractivity contribution in [2.75, 3.05) is 0 Å². The van der Waals surface area contributed by atoms with Gasteiger partial charge in [-0.05, 0) is 12.8 Å². The molecule has 4 nitrogen and oxygen atoms in total. The summed E-state index contributed by atoms with van der Waals surface area (Å²) < 4.78 is 4.66. The predicted octanol–water partition coefficient (Wildman–Crippen LogP) is 0.942. The molecule has 2 N–H and O–H groups in total. The zero-order chi connectivity index (χ0) is 8.39. The Bertz CT molecular complexity index is 275. The van der Waals surface area contributed by atoms with Crippen molar-refractivity contribution in [3.8, 4) is 0 Å². The summed E-state index contributed by atoms with van der Waals surface area (Å²) in [5.41, 5.74) is 6.52. The maximum Gasteiger partial charge on any atom is 0.124 e. The van der Waals surface area contributed by atoms with Crippen molar-refractivity contribution >= 4 is 5.84 Å². The summed E-state index contributed by atoms with van der Waals surface area (Å²) in [6.45, 7) is 0.541. The molecule has 1 aliphatic rings. The van der Waals surface area contributed by atoms with E-state index in [0.29, 0.717) is 12.5 Å². The Hall–Kier alpha value is -1.32. The molecule has 0 radical (unpaired) electrons. The van der Waals surface area contributed by atoms with Crippen LogP contribution >= 0.6 is 0 Å². The quantitative estimate of drug-likeness (QED) is 0.535. The molecule has 0 aromatic carbocycles. The number of hydrogen-bond acceptors (Lipinski definition) is 3. The summed E-state index contributed by atoms with van der Waals surface area (Å²) in [6, 6.07) is 1.80. The number of amidine groups is 1. The summed E-state index contributed by atoms with van der Waals surface area (Å²) in [7, 11) is 0. The molecule has 1 heterocycles. The summed E-state index contributed by atoms with van der Waals surface area (Å²) in [5, 5.41) is 3.73. The molecule has 1 fully saturated rings. The molecule has 0 aliphatic heterocycles. The van der Waals surface area contributed by atoms with Gasteiger partial charge in [0.15, 0.2) is 0 Å². The van der Waals surface area contributed by atoms with E-state index in [4.69, 9.17) is 5.73 Å². The van der Waals surface area contributed by atoms with E-state index in [1.54, 1.807) is 6.07 Å². The van der Waals surface area contributed by atoms with Gasteiger partial charge in [0.05, 0.1) is 12.4 Å². The van der Waals surface area contributed by atoms with Crippen LogP contribution in [-0.4, -0.2) is 11.0 Å². The molecule has 4 heteroatoms. The minimum absolute atomic E-state index is 0.539. The molecule has 1 aromatic heterocycles. The molecule has 1 aliphatic carbocycles. The van der Waals surface area contributed by atoms with E-state index >= 15 is 0 Å². The van der Waals surface area contributed by atoms with Crippen LogP contribution in [0.1, 0.15) is 18.5 Å². The van der Waals surface area contributed by atoms with Crippen molar-refractivity contribution in [2.45, 2.75) is 19.4 Å². The molecule has 0 atom stereocenters. The fraction of sp³-hybridized carbons (Fsp3) is 0.500. The van der Waals surface area contributed by atoms with Crippen LogP contribution in [0.2, 0.25) is 0 Å². The van der Waals surface area contributed by atoms with Crippen LogP contribution in [0.5, 0.6) is 0 Å². The Kier molecular flexibility index (Phi) is 1.81. The number of aromatic nitrogens is 1. The van der Waals surface area contributed by atoms with Crippen molar-refractivity contribution in [1.82, 2.24) is 5.16 Å². The summed E-state index contributed by atoms with van der Waals surface area (Å²) >= 11 is 0. The average Bonchev–Trinajstić information content (AvgIpc) is 2.80. The third kappa shape index (κ3) is 1.64. The number of nitrogens with two attached hydrogens (primary N) is 1. The van der Waals surface area contributed by atoms with Crippen molar-refractivity contribution in [3.05, 3.63) is 18.0 Å². The number of rotatable bonds is 3. The third-order valence-electron chi connectivity index (χ3n) is 1.91. The minimum Gasteiger partial charge on any atom is -0.387 e. The number of aliphatic imine (C=N–C) groups is 1. The SMILES string of the molecule is NC(=NCc1ccon1)C1CC1. The van der Waals surface area contributed by atoms with Crippen molar-refractivity contribution in [3.63, 3.8) is 0 Å². The lowest BCUT2D eigenvalue weighted by atomic mass is 10.4. The van der Waals surface area contributed by atoms with Crippen LogP contribution in [0.4, 0.5) is 0 Å². The monoisotopic (exact) mass is 165 g/mol. The van der Waals surface area contributed by atoms with Gasteiger partial charge in [0.1, 0.15) is 12.0 Å². The van der Waals surface area contributed by atoms with Gasteiger partial charge in [-0.25, -0.2) is 0 Å². The van der Waals surface area contributed by atoms with Gasteiger partial charge in [-0.2, -0.15) is 0 Å². The molecule has 12 heavy (non-hydrogen) atoms. The van der Waals surface area contributed by atoms with E-state index in [1.807, 2.05) is 0 Å². The van der Waals surface area contributed by atoms with Crippen LogP contribution in [0.15, 0.2) is 21.8 Å². The first-order chi connectivity index (χ1) is 5.86. The maximum absolute atomic E-state index is 5.69. The lowest BCUT2D eigenvalue weighted by Crippen LogP contribution is -2.14. The second-order valence-electron chi connectivity index (χ2n) is 3.01. The Morgan fingerprint density at radius 2 is 2.58 bits per heavy atom. The highest BCUT2D eigenvalue weighted by molar-refractivity contribution is 5.84. The van der Waals surface area contributed by atoms with Crippen LogP contribution < -0.4 is 5.73 Å². The van der Waals surface area contributed by atoms with Crippen molar-refractivity contribution in [2.24, 2.45) is 16.6 Å². The Labute approximate surface area is 70.5 Å². The predicted molar refractivity (Wildman–Crippen MR) is 44.6 cm³/mol. The van der Waals surface area contributed by atoms with Gasteiger partial charge in [-0.1, -0.05) is 5.16 Å². The first-order valence-electron chi connectivity index (χ1n) is 4.05.